The average Bonchev–Trinajstić information content (AvgIpc) is 3.49. The van der Waals surface area contributed by atoms with E-state index in [4.69, 9.17) is 19.9 Å². The number of carboxylic acids is 1. The van der Waals surface area contributed by atoms with Crippen LogP contribution >= 0.6 is 11.8 Å². The lowest BCUT2D eigenvalue weighted by molar-refractivity contribution is -0.139. The molecule has 0 fully saturated rings. The Labute approximate surface area is 274 Å². The van der Waals surface area contributed by atoms with Crippen molar-refractivity contribution >= 4 is 23.9 Å². The van der Waals surface area contributed by atoms with Crippen LogP contribution in [0.25, 0.3) is 0 Å². The molecule has 2 atom stereocenters. The lowest BCUT2D eigenvalue weighted by atomic mass is 10.1. The monoisotopic (exact) mass is 659 g/mol. The fraction of sp³-hybridized carbons (Fsp3) is 0.235. The molecule has 0 spiro atoms. The van der Waals surface area contributed by atoms with Crippen molar-refractivity contribution in [2.45, 2.75) is 42.3 Å². The van der Waals surface area contributed by atoms with E-state index < -0.39 is 46.2 Å². The number of hydrogen-bond acceptors (Lipinski definition) is 10. The van der Waals surface area contributed by atoms with Crippen LogP contribution in [0.5, 0.6) is 28.9 Å². The van der Waals surface area contributed by atoms with E-state index in [1.54, 1.807) is 32.2 Å². The van der Waals surface area contributed by atoms with Gasteiger partial charge in [0.2, 0.25) is 11.6 Å². The summed E-state index contributed by atoms with van der Waals surface area (Å²) in [5.74, 6) is -4.49. The third-order valence-electron chi connectivity index (χ3n) is 7.32. The number of thioether (sulfide) groups is 1. The van der Waals surface area contributed by atoms with E-state index in [9.17, 15) is 15.2 Å². The van der Waals surface area contributed by atoms with E-state index in [0.29, 0.717) is 17.0 Å². The molecule has 13 heteroatoms. The van der Waals surface area contributed by atoms with Crippen LogP contribution in [-0.4, -0.2) is 51.6 Å². The first-order valence-electron chi connectivity index (χ1n) is 14.4. The van der Waals surface area contributed by atoms with Gasteiger partial charge in [0.25, 0.3) is 5.88 Å². The summed E-state index contributed by atoms with van der Waals surface area (Å²) in [6.07, 6.45) is 1.94. The van der Waals surface area contributed by atoms with Crippen LogP contribution in [0.3, 0.4) is 0 Å². The van der Waals surface area contributed by atoms with Gasteiger partial charge in [-0.2, -0.15) is 9.65 Å². The van der Waals surface area contributed by atoms with Crippen molar-refractivity contribution in [3.8, 4) is 34.9 Å². The molecule has 2 heterocycles. The Balaban J connectivity index is 1.47. The Hall–Kier alpha value is -5.03. The number of hydrogen-bond donors (Lipinski definition) is 2. The van der Waals surface area contributed by atoms with E-state index >= 15 is 8.78 Å². The number of nitrogens with zero attached hydrogens (tertiary/aromatic N) is 4. The van der Waals surface area contributed by atoms with E-state index in [1.165, 1.54) is 36.0 Å². The molecule has 242 valence electrons. The van der Waals surface area contributed by atoms with Gasteiger partial charge in [0.15, 0.2) is 17.3 Å². The minimum Gasteiger partial charge on any atom is -0.485 e. The van der Waals surface area contributed by atoms with Gasteiger partial charge in [0.1, 0.15) is 24.6 Å². The standard InChI is InChI=1S/C34H31F2N5O5S/c1-34(2,30(38)33(42)43)47-22-10-12-25(23(16-22)31-39-13-14-41(31)3)45-29-24(35)18-40-32(28(29)36)46-27-15-21(17-37)9-11-26(27)44-19-20-7-5-4-6-8-20/h4-13,15-16,18,30-31H,14,19,38H2,1-3H3,(H,42,43). The zero-order valence-electron chi connectivity index (χ0n) is 25.7. The lowest BCUT2D eigenvalue weighted by Crippen LogP contribution is -2.46. The summed E-state index contributed by atoms with van der Waals surface area (Å²) in [6, 6.07) is 19.5. The van der Waals surface area contributed by atoms with E-state index in [-0.39, 0.29) is 29.4 Å². The highest BCUT2D eigenvalue weighted by atomic mass is 32.2. The maximum absolute atomic E-state index is 15.9. The van der Waals surface area contributed by atoms with Gasteiger partial charge in [-0.3, -0.25) is 14.7 Å². The molecule has 47 heavy (non-hydrogen) atoms. The molecule has 0 saturated heterocycles. The summed E-state index contributed by atoms with van der Waals surface area (Å²) in [5, 5.41) is 18.9. The Kier molecular flexibility index (Phi) is 10.0. The number of nitriles is 1. The van der Waals surface area contributed by atoms with Gasteiger partial charge in [-0.05, 0) is 56.8 Å². The van der Waals surface area contributed by atoms with Crippen LogP contribution in [0.1, 0.15) is 36.7 Å². The quantitative estimate of drug-likeness (QED) is 0.158. The highest BCUT2D eigenvalue weighted by Gasteiger charge is 2.34. The van der Waals surface area contributed by atoms with Gasteiger partial charge in [-0.15, -0.1) is 11.8 Å². The van der Waals surface area contributed by atoms with Crippen molar-refractivity contribution in [1.29, 1.82) is 5.26 Å². The lowest BCUT2D eigenvalue weighted by Gasteiger charge is -2.29. The summed E-state index contributed by atoms with van der Waals surface area (Å²) >= 11 is 1.24. The molecule has 0 saturated carbocycles. The van der Waals surface area contributed by atoms with Crippen molar-refractivity contribution in [1.82, 2.24) is 9.88 Å². The first-order chi connectivity index (χ1) is 22.5. The van der Waals surface area contributed by atoms with Gasteiger partial charge in [0, 0.05) is 34.0 Å². The van der Waals surface area contributed by atoms with Crippen LogP contribution in [-0.2, 0) is 11.4 Å². The number of carboxylic acid groups (broad SMARTS) is 1. The molecule has 5 rings (SSSR count). The minimum absolute atomic E-state index is 0.00453. The summed E-state index contributed by atoms with van der Waals surface area (Å²) < 4.78 is 47.7. The molecule has 0 aliphatic carbocycles. The number of halogens is 2. The predicted octanol–water partition coefficient (Wildman–Crippen LogP) is 6.69. The van der Waals surface area contributed by atoms with Gasteiger partial charge in [-0.1, -0.05) is 30.3 Å². The molecule has 2 unspecified atom stereocenters. The summed E-state index contributed by atoms with van der Waals surface area (Å²) in [5.41, 5.74) is 7.51. The molecule has 4 aromatic rings. The average molecular weight is 660 g/mol. The molecule has 3 aromatic carbocycles. The SMILES string of the molecule is CN1CC=NC1c1cc(SC(C)(C)C(N)C(=O)O)ccc1Oc1c(F)cnc(Oc2cc(C#N)ccc2OCc2ccccc2)c1F. The third kappa shape index (κ3) is 7.69. The number of aromatic nitrogens is 1. The van der Waals surface area contributed by atoms with Gasteiger partial charge >= 0.3 is 5.97 Å². The van der Waals surface area contributed by atoms with E-state index in [2.05, 4.69) is 9.98 Å². The van der Waals surface area contributed by atoms with Crippen molar-refractivity contribution < 1.29 is 32.9 Å². The fourth-order valence-corrected chi connectivity index (χ4v) is 5.84. The van der Waals surface area contributed by atoms with Crippen molar-refractivity contribution in [2.75, 3.05) is 13.6 Å². The fourth-order valence-electron chi connectivity index (χ4n) is 4.68. The Bertz CT molecular complexity index is 1850. The Morgan fingerprint density at radius 1 is 1.13 bits per heavy atom. The predicted molar refractivity (Wildman–Crippen MR) is 172 cm³/mol. The largest absolute Gasteiger partial charge is 0.485 e. The van der Waals surface area contributed by atoms with Crippen LogP contribution < -0.4 is 19.9 Å². The molecular formula is C34H31F2N5O5S. The van der Waals surface area contributed by atoms with E-state index in [1.807, 2.05) is 48.3 Å². The number of aliphatic imine (C=N–C) groups is 1. The smallest absolute Gasteiger partial charge is 0.321 e. The number of pyridine rings is 1. The zero-order valence-corrected chi connectivity index (χ0v) is 26.5. The van der Waals surface area contributed by atoms with Crippen LogP contribution in [0.4, 0.5) is 8.78 Å². The number of benzene rings is 3. The zero-order chi connectivity index (χ0) is 33.7. The van der Waals surface area contributed by atoms with E-state index in [0.717, 1.165) is 11.8 Å². The topological polar surface area (TPSA) is 143 Å². The number of ether oxygens (including phenoxy) is 3. The molecule has 0 radical (unpaired) electrons. The molecule has 1 aliphatic heterocycles. The Morgan fingerprint density at radius 3 is 2.55 bits per heavy atom. The molecule has 1 aromatic heterocycles. The number of aliphatic carboxylic acids is 1. The van der Waals surface area contributed by atoms with Crippen molar-refractivity contribution in [3.63, 3.8) is 0 Å². The van der Waals surface area contributed by atoms with Gasteiger partial charge < -0.3 is 25.1 Å². The first-order valence-corrected chi connectivity index (χ1v) is 15.2. The van der Waals surface area contributed by atoms with Crippen LogP contribution in [0, 0.1) is 23.0 Å². The summed E-state index contributed by atoms with van der Waals surface area (Å²) in [7, 11) is 1.83. The van der Waals surface area contributed by atoms with Crippen molar-refractivity contribution in [3.05, 3.63) is 101 Å². The second-order valence-corrected chi connectivity index (χ2v) is 12.9. The van der Waals surface area contributed by atoms with Crippen LogP contribution in [0.2, 0.25) is 0 Å². The normalized spacial score (nSPS) is 15.2. The third-order valence-corrected chi connectivity index (χ3v) is 8.59. The maximum Gasteiger partial charge on any atom is 0.321 e. The van der Waals surface area contributed by atoms with Crippen molar-refractivity contribution in [2.24, 2.45) is 10.7 Å². The second kappa shape index (κ2) is 14.2. The van der Waals surface area contributed by atoms with Gasteiger partial charge in [0.05, 0.1) is 17.8 Å². The molecule has 0 amide bonds. The Morgan fingerprint density at radius 2 is 1.87 bits per heavy atom. The van der Waals surface area contributed by atoms with Crippen LogP contribution in [0.15, 0.2) is 82.8 Å². The molecule has 10 nitrogen and oxygen atoms in total. The molecule has 1 aliphatic rings. The minimum atomic E-state index is -1.22. The summed E-state index contributed by atoms with van der Waals surface area (Å²) in [4.78, 5) is 22.4. The number of carbonyl (C=O) groups is 1. The molecule has 0 bridgehead atoms. The summed E-state index contributed by atoms with van der Waals surface area (Å²) in [6.45, 7) is 4.14. The second-order valence-electron chi connectivity index (χ2n) is 11.2. The maximum atomic E-state index is 15.9. The molecular weight excluding hydrogens is 628 g/mol. The number of nitrogens with two attached hydrogens (primary N) is 1. The first kappa shape index (κ1) is 33.3. The highest BCUT2D eigenvalue weighted by molar-refractivity contribution is 8.00. The van der Waals surface area contributed by atoms with Gasteiger partial charge in [-0.25, -0.2) is 9.37 Å². The highest BCUT2D eigenvalue weighted by Crippen LogP contribution is 2.43. The number of rotatable bonds is 12. The molecule has 3 N–H and O–H groups in total.